The summed E-state index contributed by atoms with van der Waals surface area (Å²) in [6.45, 7) is 0. The van der Waals surface area contributed by atoms with Crippen molar-refractivity contribution in [2.75, 3.05) is 0 Å². The minimum Gasteiger partial charge on any atom is -0.354 e. The largest absolute Gasteiger partial charge is 0.420 e. The smallest absolute Gasteiger partial charge is 0.354 e. The monoisotopic (exact) mass is 582 g/mol. The maximum absolute atomic E-state index is 14.1. The third-order valence-corrected chi connectivity index (χ3v) is 5.89. The van der Waals surface area contributed by atoms with Gasteiger partial charge < -0.3 is 9.97 Å². The molecule has 0 atom stereocenters. The first-order valence-electron chi connectivity index (χ1n) is 10.8. The normalized spacial score (nSPS) is 14.3. The predicted molar refractivity (Wildman–Crippen MR) is 119 cm³/mol. The first-order chi connectivity index (χ1) is 18.4. The van der Waals surface area contributed by atoms with Crippen LogP contribution < -0.4 is 0 Å². The van der Waals surface area contributed by atoms with Gasteiger partial charge in [-0.3, -0.25) is 0 Å². The van der Waals surface area contributed by atoms with Gasteiger partial charge in [-0.05, 0) is 48.6 Å². The summed E-state index contributed by atoms with van der Waals surface area (Å²) < 4.78 is 169. The number of H-pyrrole nitrogens is 2. The van der Waals surface area contributed by atoms with Crippen molar-refractivity contribution in [2.24, 2.45) is 0 Å². The molecule has 0 radical (unpaired) electrons. The van der Waals surface area contributed by atoms with Crippen LogP contribution in [0.5, 0.6) is 0 Å². The highest BCUT2D eigenvalue weighted by atomic mass is 19.4. The van der Waals surface area contributed by atoms with E-state index < -0.39 is 91.8 Å². The van der Waals surface area contributed by atoms with E-state index in [0.29, 0.717) is 48.6 Å². The lowest BCUT2D eigenvalue weighted by Gasteiger charge is -2.10. The fourth-order valence-corrected chi connectivity index (χ4v) is 4.40. The van der Waals surface area contributed by atoms with Crippen molar-refractivity contribution in [3.8, 4) is 0 Å². The maximum atomic E-state index is 14.1. The van der Waals surface area contributed by atoms with E-state index >= 15 is 0 Å². The SMILES string of the molecule is FC(F)(F)c1c2nc(c(C(F)(F)F)c3ccc([nH]3)c(C(F)(F)F)c3ccc([nH]3)c(C(F)(F)F)c3nc1C=C3)C=C2. The average Bonchev–Trinajstić information content (AvgIpc) is 3.55. The zero-order chi connectivity index (χ0) is 29.4. The molecule has 0 amide bonds. The summed E-state index contributed by atoms with van der Waals surface area (Å²) in [5.41, 5.74) is -14.9. The van der Waals surface area contributed by atoms with Crippen LogP contribution in [0, 0.1) is 0 Å². The lowest BCUT2D eigenvalue weighted by Crippen LogP contribution is -2.11. The van der Waals surface area contributed by atoms with Gasteiger partial charge in [-0.25, -0.2) is 9.97 Å². The highest BCUT2D eigenvalue weighted by Gasteiger charge is 2.42. The molecule has 16 heteroatoms. The van der Waals surface area contributed by atoms with Gasteiger partial charge in [-0.15, -0.1) is 0 Å². The van der Waals surface area contributed by atoms with Gasteiger partial charge in [0.25, 0.3) is 0 Å². The Balaban J connectivity index is 2.09. The molecule has 4 nitrogen and oxygen atoms in total. The minimum absolute atomic E-state index is 0.554. The summed E-state index contributed by atoms with van der Waals surface area (Å²) in [5, 5.41) is 0. The molecule has 3 aromatic rings. The predicted octanol–water partition coefficient (Wildman–Crippen LogP) is 8.73. The lowest BCUT2D eigenvalue weighted by molar-refractivity contribution is -0.138. The van der Waals surface area contributed by atoms with Gasteiger partial charge in [0.2, 0.25) is 0 Å². The number of hydrogen-bond donors (Lipinski definition) is 2. The molecule has 5 heterocycles. The molecular weight excluding hydrogens is 572 g/mol. The summed E-state index contributed by atoms with van der Waals surface area (Å²) in [6.07, 6.45) is -19.0. The third-order valence-electron chi connectivity index (χ3n) is 5.89. The van der Waals surface area contributed by atoms with Crippen molar-refractivity contribution in [1.29, 1.82) is 0 Å². The Bertz CT molecular complexity index is 1630. The Morgan fingerprint density at radius 2 is 0.625 bits per heavy atom. The summed E-state index contributed by atoms with van der Waals surface area (Å²) in [7, 11) is 0. The van der Waals surface area contributed by atoms with Gasteiger partial charge in [0.15, 0.2) is 0 Å². The van der Waals surface area contributed by atoms with Crippen LogP contribution in [0.15, 0.2) is 24.3 Å². The molecule has 0 saturated heterocycles. The van der Waals surface area contributed by atoms with Crippen LogP contribution in [0.2, 0.25) is 0 Å². The van der Waals surface area contributed by atoms with Crippen LogP contribution in [-0.2, 0) is 24.7 Å². The number of hydrogen-bond acceptors (Lipinski definition) is 2. The Morgan fingerprint density at radius 3 is 0.900 bits per heavy atom. The van der Waals surface area contributed by atoms with E-state index in [2.05, 4.69) is 9.97 Å². The first kappa shape index (κ1) is 27.3. The molecule has 0 saturated carbocycles. The molecule has 0 fully saturated rings. The van der Waals surface area contributed by atoms with E-state index in [0.717, 1.165) is 0 Å². The molecule has 0 unspecified atom stereocenters. The first-order valence-corrected chi connectivity index (χ1v) is 10.8. The van der Waals surface area contributed by atoms with Crippen LogP contribution in [0.4, 0.5) is 52.7 Å². The van der Waals surface area contributed by atoms with Crippen molar-refractivity contribution in [1.82, 2.24) is 19.9 Å². The van der Waals surface area contributed by atoms with E-state index in [-0.39, 0.29) is 0 Å². The number of halogens is 12. The van der Waals surface area contributed by atoms with Crippen molar-refractivity contribution in [2.45, 2.75) is 24.7 Å². The van der Waals surface area contributed by atoms with Gasteiger partial charge in [0.1, 0.15) is 22.3 Å². The van der Waals surface area contributed by atoms with Gasteiger partial charge in [-0.1, -0.05) is 0 Å². The molecule has 2 N–H and O–H groups in total. The zero-order valence-electron chi connectivity index (χ0n) is 19.0. The zero-order valence-corrected chi connectivity index (χ0v) is 19.0. The Morgan fingerprint density at radius 1 is 0.375 bits per heavy atom. The highest BCUT2D eigenvalue weighted by Crippen LogP contribution is 2.42. The fraction of sp³-hybridized carbons (Fsp3) is 0.167. The molecule has 8 bridgehead atoms. The molecule has 5 rings (SSSR count). The van der Waals surface area contributed by atoms with Crippen molar-refractivity contribution >= 4 is 46.4 Å². The van der Waals surface area contributed by atoms with E-state index in [1.807, 2.05) is 9.97 Å². The number of nitrogens with zero attached hydrogens (tertiary/aromatic N) is 2. The molecule has 210 valence electrons. The summed E-state index contributed by atoms with van der Waals surface area (Å²) in [6, 6.07) is 2.43. The number of fused-ring (bicyclic) bond motifs is 8. The molecule has 0 aromatic carbocycles. The van der Waals surface area contributed by atoms with Crippen molar-refractivity contribution in [3.63, 3.8) is 0 Å². The Hall–Kier alpha value is -4.24. The molecule has 0 aliphatic carbocycles. The van der Waals surface area contributed by atoms with Crippen LogP contribution in [-0.4, -0.2) is 19.9 Å². The molecule has 2 aliphatic rings. The topological polar surface area (TPSA) is 57.4 Å². The van der Waals surface area contributed by atoms with Crippen LogP contribution in [0.1, 0.15) is 45.0 Å². The van der Waals surface area contributed by atoms with Gasteiger partial charge in [-0.2, -0.15) is 52.7 Å². The third kappa shape index (κ3) is 4.70. The molecule has 40 heavy (non-hydrogen) atoms. The van der Waals surface area contributed by atoms with Crippen LogP contribution >= 0.6 is 0 Å². The Labute approximate surface area is 213 Å². The number of rotatable bonds is 0. The van der Waals surface area contributed by atoms with Crippen molar-refractivity contribution in [3.05, 3.63) is 69.3 Å². The molecular formula is C24H10F12N4. The molecule has 0 spiro atoms. The minimum atomic E-state index is -5.32. The van der Waals surface area contributed by atoms with E-state index in [1.54, 1.807) is 0 Å². The maximum Gasteiger partial charge on any atom is 0.420 e. The van der Waals surface area contributed by atoms with Crippen LogP contribution in [0.3, 0.4) is 0 Å². The van der Waals surface area contributed by atoms with Gasteiger partial charge >= 0.3 is 24.7 Å². The summed E-state index contributed by atoms with van der Waals surface area (Å²) in [4.78, 5) is 10.7. The average molecular weight is 582 g/mol. The number of aromatic amines is 2. The number of alkyl halides is 12. The van der Waals surface area contributed by atoms with Gasteiger partial charge in [0, 0.05) is 0 Å². The quantitative estimate of drug-likeness (QED) is 0.180. The summed E-state index contributed by atoms with van der Waals surface area (Å²) >= 11 is 0. The van der Waals surface area contributed by atoms with E-state index in [9.17, 15) is 52.7 Å². The second-order valence-corrected chi connectivity index (χ2v) is 8.49. The van der Waals surface area contributed by atoms with E-state index in [4.69, 9.17) is 0 Å². The number of aromatic nitrogens is 4. The summed E-state index contributed by atoms with van der Waals surface area (Å²) in [5.74, 6) is 0. The van der Waals surface area contributed by atoms with E-state index in [1.165, 1.54) is 0 Å². The fourth-order valence-electron chi connectivity index (χ4n) is 4.40. The lowest BCUT2D eigenvalue weighted by atomic mass is 10.1. The van der Waals surface area contributed by atoms with Gasteiger partial charge in [0.05, 0.1) is 44.8 Å². The standard InChI is InChI=1S/C24H10F12N4/c25-21(26,27)17-9-1-2-10(37-9)18(22(28,29)30)12-5-6-14(39-12)20(24(34,35)36)16-8-7-15(40-16)19(23(31,32)33)13-4-3-11(17)38-13/h1-8,37-38H. The second-order valence-electron chi connectivity index (χ2n) is 8.49. The van der Waals surface area contributed by atoms with Crippen molar-refractivity contribution < 1.29 is 52.7 Å². The second kappa shape index (κ2) is 8.63. The molecule has 3 aromatic heterocycles. The Kier molecular flexibility index (Phi) is 5.90. The molecule has 2 aliphatic heterocycles. The van der Waals surface area contributed by atoms with Crippen LogP contribution in [0.25, 0.3) is 46.4 Å². The number of nitrogens with one attached hydrogen (secondary N) is 2. The highest BCUT2D eigenvalue weighted by molar-refractivity contribution is 5.84.